The molecule has 0 spiro atoms. The number of methoxy groups -OCH3 is 2. The van der Waals surface area contributed by atoms with Crippen LogP contribution < -0.4 is 9.47 Å². The van der Waals surface area contributed by atoms with Crippen LogP contribution in [0.1, 0.15) is 11.5 Å². The van der Waals surface area contributed by atoms with Crippen LogP contribution in [0.3, 0.4) is 0 Å². The molecule has 1 atom stereocenters. The van der Waals surface area contributed by atoms with E-state index in [4.69, 9.17) is 14.0 Å². The second kappa shape index (κ2) is 7.81. The average molecular weight is 340 g/mol. The minimum Gasteiger partial charge on any atom is -0.497 e. The molecule has 0 saturated heterocycles. The first-order valence-electron chi connectivity index (χ1n) is 7.96. The molecule has 0 aliphatic heterocycles. The first kappa shape index (κ1) is 17.0. The highest BCUT2D eigenvalue weighted by Crippen LogP contribution is 2.31. The van der Waals surface area contributed by atoms with Gasteiger partial charge in [0.05, 0.1) is 32.3 Å². The van der Waals surface area contributed by atoms with Crippen molar-refractivity contribution in [1.82, 2.24) is 10.1 Å². The van der Waals surface area contributed by atoms with Gasteiger partial charge in [-0.15, -0.1) is 0 Å². The van der Waals surface area contributed by atoms with Crippen molar-refractivity contribution in [2.24, 2.45) is 0 Å². The summed E-state index contributed by atoms with van der Waals surface area (Å²) in [5.41, 5.74) is 1.77. The number of rotatable bonds is 7. The van der Waals surface area contributed by atoms with E-state index in [2.05, 4.69) is 10.1 Å². The number of hydrogen-bond acceptors (Lipinski definition) is 6. The second-order valence-electron chi connectivity index (χ2n) is 5.63. The lowest BCUT2D eigenvalue weighted by molar-refractivity contribution is 0.162. The van der Waals surface area contributed by atoms with Crippen molar-refractivity contribution in [3.8, 4) is 22.9 Å². The zero-order valence-corrected chi connectivity index (χ0v) is 14.2. The molecule has 0 aliphatic carbocycles. The third-order valence-electron chi connectivity index (χ3n) is 3.84. The van der Waals surface area contributed by atoms with Crippen LogP contribution in [0.15, 0.2) is 53.1 Å². The lowest BCUT2D eigenvalue weighted by atomic mass is 10.1. The number of aliphatic hydroxyl groups is 1. The Kier molecular flexibility index (Phi) is 5.30. The molecule has 0 amide bonds. The van der Waals surface area contributed by atoms with Crippen LogP contribution in [0, 0.1) is 0 Å². The van der Waals surface area contributed by atoms with Gasteiger partial charge in [-0.3, -0.25) is 0 Å². The van der Waals surface area contributed by atoms with Gasteiger partial charge >= 0.3 is 0 Å². The Balaban J connectivity index is 1.72. The van der Waals surface area contributed by atoms with Gasteiger partial charge in [-0.05, 0) is 24.1 Å². The van der Waals surface area contributed by atoms with Gasteiger partial charge in [0.1, 0.15) is 11.5 Å². The molecule has 2 aromatic carbocycles. The normalized spacial score (nSPS) is 12.0. The minimum absolute atomic E-state index is 0.292. The number of ether oxygens (including phenoxy) is 2. The summed E-state index contributed by atoms with van der Waals surface area (Å²) in [6.45, 7) is 0. The summed E-state index contributed by atoms with van der Waals surface area (Å²) < 4.78 is 15.8. The quantitative estimate of drug-likeness (QED) is 0.712. The number of nitrogens with zero attached hydrogens (tertiary/aromatic N) is 2. The number of benzene rings is 2. The smallest absolute Gasteiger partial charge is 0.229 e. The van der Waals surface area contributed by atoms with Gasteiger partial charge in [-0.1, -0.05) is 35.5 Å². The highest BCUT2D eigenvalue weighted by atomic mass is 16.5. The van der Waals surface area contributed by atoms with E-state index in [1.165, 1.54) is 0 Å². The summed E-state index contributed by atoms with van der Waals surface area (Å²) in [6, 6.07) is 15.2. The van der Waals surface area contributed by atoms with Crippen molar-refractivity contribution in [3.63, 3.8) is 0 Å². The Morgan fingerprint density at radius 3 is 2.56 bits per heavy atom. The number of aromatic nitrogens is 2. The standard InChI is InChI=1S/C19H20N2O4/c1-23-15-8-9-16(17(12-15)24-2)19-20-18(25-21-19)11-14(22)10-13-6-4-3-5-7-13/h3-9,12,14,22H,10-11H2,1-2H3. The first-order valence-corrected chi connectivity index (χ1v) is 7.96. The molecule has 0 radical (unpaired) electrons. The Hall–Kier alpha value is -2.86. The van der Waals surface area contributed by atoms with Gasteiger partial charge in [0.25, 0.3) is 0 Å². The predicted octanol–water partition coefficient (Wildman–Crippen LogP) is 2.90. The first-order chi connectivity index (χ1) is 12.2. The van der Waals surface area contributed by atoms with Crippen LogP contribution in [0.5, 0.6) is 11.5 Å². The molecule has 1 heterocycles. The van der Waals surface area contributed by atoms with Gasteiger partial charge in [-0.25, -0.2) is 0 Å². The molecule has 130 valence electrons. The monoisotopic (exact) mass is 340 g/mol. The van der Waals surface area contributed by atoms with E-state index in [1.807, 2.05) is 36.4 Å². The Morgan fingerprint density at radius 1 is 1.04 bits per heavy atom. The lowest BCUT2D eigenvalue weighted by Gasteiger charge is -2.08. The fraction of sp³-hybridized carbons (Fsp3) is 0.263. The molecule has 25 heavy (non-hydrogen) atoms. The summed E-state index contributed by atoms with van der Waals surface area (Å²) in [5, 5.41) is 14.2. The predicted molar refractivity (Wildman–Crippen MR) is 92.7 cm³/mol. The molecule has 1 aromatic heterocycles. The molecular formula is C19H20N2O4. The fourth-order valence-corrected chi connectivity index (χ4v) is 2.59. The van der Waals surface area contributed by atoms with Crippen LogP contribution in [0.25, 0.3) is 11.4 Å². The zero-order valence-electron chi connectivity index (χ0n) is 14.2. The van der Waals surface area contributed by atoms with Crippen LogP contribution in [-0.4, -0.2) is 35.6 Å². The van der Waals surface area contributed by atoms with Gasteiger partial charge < -0.3 is 19.1 Å². The largest absolute Gasteiger partial charge is 0.497 e. The van der Waals surface area contributed by atoms with E-state index in [0.717, 1.165) is 5.56 Å². The molecule has 6 heteroatoms. The molecule has 1 N–H and O–H groups in total. The highest BCUT2D eigenvalue weighted by Gasteiger charge is 2.17. The molecular weight excluding hydrogens is 320 g/mol. The third kappa shape index (κ3) is 4.16. The maximum Gasteiger partial charge on any atom is 0.229 e. The summed E-state index contributed by atoms with van der Waals surface area (Å²) in [5.74, 6) is 2.08. The number of hydrogen-bond donors (Lipinski definition) is 1. The summed E-state index contributed by atoms with van der Waals surface area (Å²) >= 11 is 0. The maximum absolute atomic E-state index is 10.2. The van der Waals surface area contributed by atoms with Crippen LogP contribution in [0.4, 0.5) is 0 Å². The van der Waals surface area contributed by atoms with E-state index >= 15 is 0 Å². The van der Waals surface area contributed by atoms with Crippen molar-refractivity contribution in [1.29, 1.82) is 0 Å². The van der Waals surface area contributed by atoms with Crippen molar-refractivity contribution in [2.75, 3.05) is 14.2 Å². The van der Waals surface area contributed by atoms with Crippen molar-refractivity contribution >= 4 is 0 Å². The molecule has 6 nitrogen and oxygen atoms in total. The van der Waals surface area contributed by atoms with E-state index in [-0.39, 0.29) is 0 Å². The second-order valence-corrected chi connectivity index (χ2v) is 5.63. The fourth-order valence-electron chi connectivity index (χ4n) is 2.59. The van der Waals surface area contributed by atoms with Crippen molar-refractivity contribution in [3.05, 3.63) is 60.0 Å². The van der Waals surface area contributed by atoms with Crippen molar-refractivity contribution in [2.45, 2.75) is 18.9 Å². The van der Waals surface area contributed by atoms with Crippen LogP contribution in [-0.2, 0) is 12.8 Å². The summed E-state index contributed by atoms with van der Waals surface area (Å²) in [7, 11) is 3.16. The van der Waals surface area contributed by atoms with E-state index in [0.29, 0.717) is 41.6 Å². The van der Waals surface area contributed by atoms with Gasteiger partial charge in [0.15, 0.2) is 0 Å². The SMILES string of the molecule is COc1ccc(-c2noc(CC(O)Cc3ccccc3)n2)c(OC)c1. The Morgan fingerprint density at radius 2 is 1.84 bits per heavy atom. The van der Waals surface area contributed by atoms with Crippen LogP contribution in [0.2, 0.25) is 0 Å². The zero-order chi connectivity index (χ0) is 17.6. The average Bonchev–Trinajstić information content (AvgIpc) is 3.10. The maximum atomic E-state index is 10.2. The molecule has 0 fully saturated rings. The summed E-state index contributed by atoms with van der Waals surface area (Å²) in [6.07, 6.45) is 0.235. The van der Waals surface area contributed by atoms with Crippen molar-refractivity contribution < 1.29 is 19.1 Å². The minimum atomic E-state index is -0.589. The van der Waals surface area contributed by atoms with Crippen LogP contribution >= 0.6 is 0 Å². The topological polar surface area (TPSA) is 77.6 Å². The van der Waals surface area contributed by atoms with Gasteiger partial charge in [-0.2, -0.15) is 4.98 Å². The summed E-state index contributed by atoms with van der Waals surface area (Å²) in [4.78, 5) is 4.37. The Labute approximate surface area is 146 Å². The Bertz CT molecular complexity index is 817. The molecule has 0 saturated carbocycles. The molecule has 3 aromatic rings. The van der Waals surface area contributed by atoms with E-state index in [9.17, 15) is 5.11 Å². The van der Waals surface area contributed by atoms with Gasteiger partial charge in [0, 0.05) is 6.07 Å². The molecule has 0 aliphatic rings. The highest BCUT2D eigenvalue weighted by molar-refractivity contribution is 5.65. The lowest BCUT2D eigenvalue weighted by Crippen LogP contribution is -2.14. The molecule has 0 bridgehead atoms. The van der Waals surface area contributed by atoms with Gasteiger partial charge in [0.2, 0.25) is 11.7 Å². The number of aliphatic hydroxyl groups excluding tert-OH is 1. The van der Waals surface area contributed by atoms with E-state index < -0.39 is 6.10 Å². The third-order valence-corrected chi connectivity index (χ3v) is 3.84. The molecule has 1 unspecified atom stereocenters. The molecule has 3 rings (SSSR count). The van der Waals surface area contributed by atoms with E-state index in [1.54, 1.807) is 26.4 Å².